The van der Waals surface area contributed by atoms with Gasteiger partial charge in [0, 0.05) is 29.6 Å². The van der Waals surface area contributed by atoms with Crippen molar-refractivity contribution in [1.82, 2.24) is 21.0 Å². The van der Waals surface area contributed by atoms with Gasteiger partial charge in [0.25, 0.3) is 0 Å². The number of urea groups is 1. The van der Waals surface area contributed by atoms with Crippen molar-refractivity contribution >= 4 is 47.3 Å². The van der Waals surface area contributed by atoms with Crippen molar-refractivity contribution in [2.24, 2.45) is 62.3 Å². The molecule has 1 aromatic rings. The molecule has 21 nitrogen and oxygen atoms in total. The highest BCUT2D eigenvalue weighted by Crippen LogP contribution is 2.68. The number of aliphatic hydroxyl groups is 2. The van der Waals surface area contributed by atoms with Gasteiger partial charge in [-0.15, -0.1) is 0 Å². The second-order valence-electron chi connectivity index (χ2n) is 18.5. The molecule has 3 aliphatic rings. The number of nitrogens with zero attached hydrogens (tertiary/aromatic N) is 3. The van der Waals surface area contributed by atoms with Gasteiger partial charge >= 0.3 is 18.2 Å². The number of nitrogens with two attached hydrogens (primary N) is 3. The van der Waals surface area contributed by atoms with Crippen LogP contribution in [0, 0.1) is 34.5 Å². The summed E-state index contributed by atoms with van der Waals surface area (Å²) in [6.07, 6.45) is 1.33. The van der Waals surface area contributed by atoms with Crippen molar-refractivity contribution in [3.05, 3.63) is 53.6 Å². The molecule has 0 spiro atoms. The zero-order valence-corrected chi connectivity index (χ0v) is 39.2. The quantitative estimate of drug-likeness (QED) is 0.0317. The van der Waals surface area contributed by atoms with Crippen molar-refractivity contribution < 1.29 is 57.6 Å². The van der Waals surface area contributed by atoms with Gasteiger partial charge in [0.2, 0.25) is 17.6 Å². The maximum Gasteiger partial charge on any atom is 0.424 e. The van der Waals surface area contributed by atoms with Gasteiger partial charge in [-0.2, -0.15) is 0 Å². The number of halogens is 1. The lowest BCUT2D eigenvalue weighted by Crippen LogP contribution is -2.68. The number of hydrazine groups is 1. The fourth-order valence-corrected chi connectivity index (χ4v) is 10.0. The van der Waals surface area contributed by atoms with Crippen LogP contribution in [0.1, 0.15) is 86.1 Å². The number of nitrogens with one attached hydrogen (secondary N) is 4. The Balaban J connectivity index is 1.25. The summed E-state index contributed by atoms with van der Waals surface area (Å²) in [5.41, 5.74) is 0.450. The largest absolute Gasteiger partial charge is 0.444 e. The van der Waals surface area contributed by atoms with Crippen LogP contribution in [0.5, 0.6) is 0 Å². The number of hydrogen-bond donors (Lipinski definition) is 9. The number of carbonyl (C=O) groups excluding carboxylic acids is 7. The molecule has 0 radical (unpaired) electrons. The number of benzene rings is 1. The number of aliphatic hydroxyl groups excluding tert-OH is 1. The van der Waals surface area contributed by atoms with E-state index >= 15 is 4.39 Å². The number of carbonyl (C=O) groups is 7. The van der Waals surface area contributed by atoms with Gasteiger partial charge in [0.1, 0.15) is 18.2 Å². The topological polar surface area (TPSA) is 333 Å². The summed E-state index contributed by atoms with van der Waals surface area (Å²) < 4.78 is 28.1. The summed E-state index contributed by atoms with van der Waals surface area (Å²) in [6.45, 7) is 10.7. The van der Waals surface area contributed by atoms with Gasteiger partial charge < -0.3 is 52.5 Å². The number of anilines is 1. The first kappa shape index (κ1) is 53.8. The molecular formula is C45H67FN10O11. The fourth-order valence-electron chi connectivity index (χ4n) is 10.0. The third-order valence-electron chi connectivity index (χ3n) is 14.1. The number of allylic oxidation sites excluding steroid dienone is 4. The monoisotopic (exact) mass is 942 g/mol. The van der Waals surface area contributed by atoms with Crippen LogP contribution in [-0.4, -0.2) is 113 Å². The van der Waals surface area contributed by atoms with E-state index in [1.165, 1.54) is 18.2 Å². The van der Waals surface area contributed by atoms with Gasteiger partial charge in [0.05, 0.1) is 18.7 Å². The molecule has 4 rings (SSSR count). The number of amides is 6. The molecular weight excluding hydrogens is 876 g/mol. The van der Waals surface area contributed by atoms with Gasteiger partial charge in [0.15, 0.2) is 18.1 Å². The van der Waals surface area contributed by atoms with E-state index in [2.05, 4.69) is 31.6 Å². The zero-order chi connectivity index (χ0) is 50.1. The van der Waals surface area contributed by atoms with E-state index in [1.54, 1.807) is 72.7 Å². The lowest BCUT2D eigenvalue weighted by atomic mass is 9.47. The van der Waals surface area contributed by atoms with Crippen LogP contribution in [0.15, 0.2) is 58.4 Å². The molecule has 10 atom stereocenters. The highest BCUT2D eigenvalue weighted by Gasteiger charge is 2.74. The number of rotatable bonds is 19. The van der Waals surface area contributed by atoms with Gasteiger partial charge in [-0.1, -0.05) is 68.7 Å². The second kappa shape index (κ2) is 22.3. The summed E-state index contributed by atoms with van der Waals surface area (Å²) >= 11 is 0. The second-order valence-corrected chi connectivity index (χ2v) is 18.5. The Bertz CT molecular complexity index is 2110. The molecule has 0 aromatic heterocycles. The summed E-state index contributed by atoms with van der Waals surface area (Å²) in [4.78, 5) is 88.6. The molecule has 0 heterocycles. The number of alkyl halides is 1. The first-order valence-corrected chi connectivity index (χ1v) is 22.4. The minimum absolute atomic E-state index is 0.126. The van der Waals surface area contributed by atoms with E-state index in [9.17, 15) is 43.8 Å². The molecule has 67 heavy (non-hydrogen) atoms. The van der Waals surface area contributed by atoms with Crippen LogP contribution < -0.4 is 38.7 Å². The minimum atomic E-state index is -2.22. The Labute approximate surface area is 389 Å². The zero-order valence-electron chi connectivity index (χ0n) is 39.2. The van der Waals surface area contributed by atoms with Crippen LogP contribution in [0.25, 0.3) is 0 Å². The first-order chi connectivity index (χ1) is 31.4. The smallest absolute Gasteiger partial charge is 0.424 e. The Kier molecular flexibility index (Phi) is 17.9. The van der Waals surface area contributed by atoms with Crippen LogP contribution in [0.4, 0.5) is 24.5 Å². The van der Waals surface area contributed by atoms with E-state index in [4.69, 9.17) is 26.9 Å². The highest BCUT2D eigenvalue weighted by atomic mass is 19.1. The predicted octanol–water partition coefficient (Wildman–Crippen LogP) is 3.00. The van der Waals surface area contributed by atoms with E-state index in [1.807, 2.05) is 0 Å². The first-order valence-electron chi connectivity index (χ1n) is 22.4. The Morgan fingerprint density at radius 2 is 1.72 bits per heavy atom. The fraction of sp³-hybridized carbons (Fsp3) is 0.622. The van der Waals surface area contributed by atoms with E-state index in [0.29, 0.717) is 21.8 Å². The maximum atomic E-state index is 17.7. The molecule has 0 bridgehead atoms. The number of hydrogen-bond acceptors (Lipinski definition) is 14. The number of ketones is 2. The molecule has 1 aromatic carbocycles. The summed E-state index contributed by atoms with van der Waals surface area (Å²) in [5, 5.41) is 40.8. The highest BCUT2D eigenvalue weighted by molar-refractivity contribution is 6.01. The van der Waals surface area contributed by atoms with E-state index in [-0.39, 0.29) is 70.0 Å². The molecule has 6 amide bonds. The average molecular weight is 943 g/mol. The van der Waals surface area contributed by atoms with Crippen molar-refractivity contribution in [1.29, 1.82) is 0 Å². The third kappa shape index (κ3) is 11.5. The van der Waals surface area contributed by atoms with Crippen molar-refractivity contribution in [2.75, 3.05) is 31.6 Å². The molecule has 370 valence electrons. The number of ether oxygens (including phenoxy) is 2. The number of fused-ring (bicyclic) bond motifs is 1. The molecule has 0 saturated heterocycles. The average Bonchev–Trinajstić information content (AvgIpc) is 3.48. The summed E-state index contributed by atoms with van der Waals surface area (Å²) in [6, 6.07) is 3.66. The Hall–Kier alpha value is -5.84. The van der Waals surface area contributed by atoms with Crippen molar-refractivity contribution in [3.8, 4) is 0 Å². The molecule has 2 saturated carbocycles. The normalized spacial score (nSPS) is 28.7. The van der Waals surface area contributed by atoms with Crippen molar-refractivity contribution in [2.45, 2.75) is 117 Å². The molecule has 22 heteroatoms. The third-order valence-corrected chi connectivity index (χ3v) is 14.1. The van der Waals surface area contributed by atoms with Gasteiger partial charge in [-0.3, -0.25) is 19.2 Å². The van der Waals surface area contributed by atoms with Crippen LogP contribution in [0.3, 0.4) is 0 Å². The summed E-state index contributed by atoms with van der Waals surface area (Å²) in [5.74, 6) is 6.36. The van der Waals surface area contributed by atoms with E-state index < -0.39 is 100 Å². The molecule has 2 fully saturated rings. The standard InChI is InChI=1S/C45H67FN10O11/c1-8-31-32-21-27(5)45(65,43(32,7)22-34(58)44(31,46)42(6)16-15-30(57)20-26(42)4)35(59)24-66-40(63)51-18-19-56(49)41(64)67-23-28-11-13-29(14-12-28)52-37(60)33(53-38(61)36(47)25(2)3)10-9-17-50-39(62)54-55-48/h11-16,20,25,27,31-34,36,58,65H,8-10,17-19,21-24,47,49H2,1-7H3,(H,51,63)(H,52,60)(H,53,61)(H3,48,50,54,62)/t27-,31?,32+,33+,34+,36+,42?,43?,44?,45+/m1/s1. The van der Waals surface area contributed by atoms with Crippen LogP contribution in [0.2, 0.25) is 0 Å². The number of alkyl carbamates (subject to hydrolysis) is 1. The Morgan fingerprint density at radius 3 is 2.33 bits per heavy atom. The molecule has 0 aliphatic heterocycles. The SMILES string of the molecule is CCC1[C@@H]2C[C@@H](C)[C@](O)(C(=O)COC(=O)NCCN(N)C(=O)OCc3ccc(NC(=O)[C@H](CCCNC(=O)N=NN)NC(=O)[C@@H](N)C(C)C)cc3)C2(C)C[C@H](O)C1(F)C1(C)C=CC(=O)C=C1C. The minimum Gasteiger partial charge on any atom is -0.444 e. The molecule has 12 N–H and O–H groups in total. The maximum absolute atomic E-state index is 17.7. The van der Waals surface area contributed by atoms with E-state index in [0.717, 1.165) is 0 Å². The van der Waals surface area contributed by atoms with Crippen LogP contribution in [-0.2, 0) is 35.3 Å². The number of Topliss-reactive ketones (excluding diaryl/α,β-unsaturated/α-hetero) is 1. The van der Waals surface area contributed by atoms with Gasteiger partial charge in [-0.25, -0.2) is 29.6 Å². The molecule has 3 aliphatic carbocycles. The lowest BCUT2D eigenvalue weighted by Gasteiger charge is -2.60. The van der Waals surface area contributed by atoms with Crippen molar-refractivity contribution in [3.63, 3.8) is 0 Å². The Morgan fingerprint density at radius 1 is 1.04 bits per heavy atom. The van der Waals surface area contributed by atoms with Gasteiger partial charge in [-0.05, 0) is 99.5 Å². The lowest BCUT2D eigenvalue weighted by molar-refractivity contribution is -0.213. The molecule has 4 unspecified atom stereocenters. The van der Waals surface area contributed by atoms with Crippen LogP contribution >= 0.6 is 0 Å². The predicted molar refractivity (Wildman–Crippen MR) is 242 cm³/mol. The summed E-state index contributed by atoms with van der Waals surface area (Å²) in [7, 11) is 0.